The van der Waals surface area contributed by atoms with Crippen molar-refractivity contribution in [2.24, 2.45) is 0 Å². The molecule has 58 valence electrons. The topological polar surface area (TPSA) is 169 Å². The van der Waals surface area contributed by atoms with E-state index in [9.17, 15) is 0 Å². The first kappa shape index (κ1) is 22.8. The second-order valence-corrected chi connectivity index (χ2v) is 0.447. The van der Waals surface area contributed by atoms with Crippen LogP contribution in [0.1, 0.15) is 0 Å². The Bertz CT molecular complexity index is 71.0. The summed E-state index contributed by atoms with van der Waals surface area (Å²) in [6.07, 6.45) is 0. The van der Waals surface area contributed by atoms with Crippen molar-refractivity contribution in [2.75, 3.05) is 0 Å². The van der Waals surface area contributed by atoms with E-state index in [0.29, 0.717) is 0 Å². The summed E-state index contributed by atoms with van der Waals surface area (Å²) >= 11 is 0. The molecule has 0 saturated heterocycles. The van der Waals surface area contributed by atoms with Crippen LogP contribution in [0.4, 0.5) is 0 Å². The molecular weight excluding hydrogens is 342 g/mol. The van der Waals surface area contributed by atoms with Crippen molar-refractivity contribution in [1.29, 1.82) is 0 Å². The molecule has 10 heteroatoms. The summed E-state index contributed by atoms with van der Waals surface area (Å²) in [5, 5.41) is 29.5. The summed E-state index contributed by atoms with van der Waals surface area (Å²) in [6.45, 7) is 0. The van der Waals surface area contributed by atoms with Gasteiger partial charge >= 0.3 is 27.3 Å². The van der Waals surface area contributed by atoms with Gasteiger partial charge in [-0.3, -0.25) is 0 Å². The molecule has 0 fully saturated rings. The molecule has 0 bridgehead atoms. The van der Waals surface area contributed by atoms with Crippen LogP contribution in [0.3, 0.4) is 0 Å². The molecule has 0 heterocycles. The van der Waals surface area contributed by atoms with Crippen LogP contribution in [0.25, 0.3) is 0 Å². The maximum Gasteiger partial charge on any atom is 1.00 e. The summed E-state index contributed by atoms with van der Waals surface area (Å²) in [5.41, 5.74) is 0. The predicted octanol–water partition coefficient (Wildman–Crippen LogP) is -0.483. The van der Waals surface area contributed by atoms with E-state index in [1.165, 1.54) is 0 Å². The van der Waals surface area contributed by atoms with Gasteiger partial charge in [0, 0.05) is 0 Å². The van der Waals surface area contributed by atoms with Gasteiger partial charge in [0.1, 0.15) is 0 Å². The number of quaternary nitrogens is 1. The van der Waals surface area contributed by atoms with Crippen molar-refractivity contribution in [3.05, 3.63) is 30.6 Å². The smallest absolute Gasteiger partial charge is 0.369 e. The Balaban J connectivity index is -0.0000000300. The van der Waals surface area contributed by atoms with Gasteiger partial charge in [0.25, 0.3) is 0 Å². The van der Waals surface area contributed by atoms with Gasteiger partial charge in [0.05, 0.1) is 10.2 Å². The van der Waals surface area contributed by atoms with E-state index in [2.05, 4.69) is 0 Å². The molecule has 0 aromatic carbocycles. The standard InChI is InChI=1S/2NO3.H3N.Tl/c2*2-1(3)4;;/h;;1H3;/q2*-1;;+1/p+1. The summed E-state index contributed by atoms with van der Waals surface area (Å²) in [7, 11) is 0. The van der Waals surface area contributed by atoms with Crippen LogP contribution >= 0.6 is 0 Å². The Morgan fingerprint density at radius 3 is 0.800 bits per heavy atom. The van der Waals surface area contributed by atoms with Crippen molar-refractivity contribution >= 4 is 27.3 Å². The zero-order valence-corrected chi connectivity index (χ0v) is 9.41. The molecule has 0 aliphatic heterocycles. The van der Waals surface area contributed by atoms with Gasteiger partial charge in [-0.2, -0.15) is 0 Å². The average molecular weight is 346 g/mol. The molecule has 9 nitrogen and oxygen atoms in total. The van der Waals surface area contributed by atoms with Gasteiger partial charge in [-0.05, 0) is 0 Å². The van der Waals surface area contributed by atoms with Gasteiger partial charge in [0.2, 0.25) is 0 Å². The predicted molar refractivity (Wildman–Crippen MR) is 32.5 cm³/mol. The maximum atomic E-state index is 8.25. The molecule has 0 atom stereocenters. The van der Waals surface area contributed by atoms with E-state index in [1.54, 1.807) is 0 Å². The molecule has 0 rings (SSSR count). The summed E-state index contributed by atoms with van der Waals surface area (Å²) in [4.78, 5) is 16.5. The normalized spacial score (nSPS) is 4.80. The van der Waals surface area contributed by atoms with Crippen molar-refractivity contribution in [3.8, 4) is 0 Å². The molecule has 4 N–H and O–H groups in total. The zero-order chi connectivity index (χ0) is 7.15. The van der Waals surface area contributed by atoms with Crippen LogP contribution in [0.5, 0.6) is 0 Å². The van der Waals surface area contributed by atoms with E-state index < -0.39 is 10.2 Å². The van der Waals surface area contributed by atoms with E-state index in [0.717, 1.165) is 0 Å². The fourth-order valence-electron chi connectivity index (χ4n) is 0. The molecule has 0 aromatic rings. The molecule has 0 aliphatic carbocycles. The van der Waals surface area contributed by atoms with Gasteiger partial charge in [-0.1, -0.05) is 0 Å². The Morgan fingerprint density at radius 1 is 0.800 bits per heavy atom. The number of nitrogens with zero attached hydrogens (tertiary/aromatic N) is 2. The minimum atomic E-state index is -1.75. The molecule has 0 unspecified atom stereocenters. The molecular formula is H4N3O6Tl. The van der Waals surface area contributed by atoms with Crippen LogP contribution in [0.15, 0.2) is 0 Å². The molecule has 0 aliphatic rings. The van der Waals surface area contributed by atoms with Crippen molar-refractivity contribution in [2.45, 2.75) is 0 Å². The van der Waals surface area contributed by atoms with Crippen molar-refractivity contribution in [1.82, 2.24) is 6.15 Å². The van der Waals surface area contributed by atoms with Crippen molar-refractivity contribution in [3.63, 3.8) is 0 Å². The third-order valence-electron chi connectivity index (χ3n) is 0. The Kier molecular flexibility index (Phi) is 35.9. The quantitative estimate of drug-likeness (QED) is 0.352. The van der Waals surface area contributed by atoms with Crippen LogP contribution < -0.4 is 6.15 Å². The molecule has 10 heavy (non-hydrogen) atoms. The molecule has 0 aromatic heterocycles. The van der Waals surface area contributed by atoms with E-state index in [-0.39, 0.29) is 33.4 Å². The number of hydrogen-bond acceptors (Lipinski definition) is 6. The zero-order valence-electron chi connectivity index (χ0n) is 4.92. The monoisotopic (exact) mass is 347 g/mol. The average Bonchev–Trinajstić information content (AvgIpc) is 1.25. The first-order chi connectivity index (χ1) is 3.46. The summed E-state index contributed by atoms with van der Waals surface area (Å²) < 4.78 is 0. The fraction of sp³-hybridized carbons (Fsp3) is 0. The Labute approximate surface area is 74.6 Å². The van der Waals surface area contributed by atoms with Crippen LogP contribution in [-0.2, 0) is 0 Å². The second kappa shape index (κ2) is 15.7. The van der Waals surface area contributed by atoms with Crippen LogP contribution in [0, 0.1) is 30.6 Å². The summed E-state index contributed by atoms with van der Waals surface area (Å²) in [6, 6.07) is 0. The van der Waals surface area contributed by atoms with Gasteiger partial charge in [0.15, 0.2) is 0 Å². The molecule has 0 spiro atoms. The van der Waals surface area contributed by atoms with Crippen LogP contribution in [-0.4, -0.2) is 37.5 Å². The number of hydrogen-bond donors (Lipinski definition) is 1. The Hall–Kier alpha value is -0.718. The van der Waals surface area contributed by atoms with E-state index in [4.69, 9.17) is 30.6 Å². The molecule has 0 amide bonds. The SMILES string of the molecule is O=[N+]([O-])[O-].O=[N+]([O-])[O-].[NH4+].[Tl+]. The minimum Gasteiger partial charge on any atom is -0.369 e. The van der Waals surface area contributed by atoms with E-state index in [1.807, 2.05) is 0 Å². The largest absolute Gasteiger partial charge is 1.00 e. The third kappa shape index (κ3) is 558. The fourth-order valence-corrected chi connectivity index (χ4v) is 0. The second-order valence-electron chi connectivity index (χ2n) is 0.447. The van der Waals surface area contributed by atoms with Crippen LogP contribution in [0.2, 0.25) is 0 Å². The van der Waals surface area contributed by atoms with Gasteiger partial charge in [-0.25, -0.2) is 0 Å². The third-order valence-corrected chi connectivity index (χ3v) is 0. The first-order valence-electron chi connectivity index (χ1n) is 1.10. The molecule has 0 radical (unpaired) electrons. The van der Waals surface area contributed by atoms with Crippen molar-refractivity contribution < 1.29 is 10.2 Å². The molecule has 0 saturated carbocycles. The van der Waals surface area contributed by atoms with Gasteiger partial charge in [-0.15, -0.1) is 0 Å². The maximum absolute atomic E-state index is 8.25. The van der Waals surface area contributed by atoms with E-state index >= 15 is 0 Å². The number of rotatable bonds is 0. The Morgan fingerprint density at radius 2 is 0.800 bits per heavy atom. The minimum absolute atomic E-state index is 0. The summed E-state index contributed by atoms with van der Waals surface area (Å²) in [5.74, 6) is 0. The van der Waals surface area contributed by atoms with Gasteiger partial charge < -0.3 is 36.8 Å². The first-order valence-corrected chi connectivity index (χ1v) is 1.10.